The lowest BCUT2D eigenvalue weighted by Crippen LogP contribution is -2.24. The number of hydrogen-bond acceptors (Lipinski definition) is 6. The lowest BCUT2D eigenvalue weighted by Gasteiger charge is -2.08. The maximum Gasteiger partial charge on any atom is 0.522 e. The standard InChI is InChI=1S/C8H12B2O4.C2H6O2/c11-9(12)6-7-10(13)14-8-4-2-1-3-5-8;3-1-2-4/h1-5,11-13H,6-7H2;3-4H,1-2H2. The Morgan fingerprint density at radius 1 is 0.889 bits per heavy atom. The molecule has 0 amide bonds. The summed E-state index contributed by atoms with van der Waals surface area (Å²) >= 11 is 0. The minimum Gasteiger partial charge on any atom is -0.536 e. The summed E-state index contributed by atoms with van der Waals surface area (Å²) in [6.07, 6.45) is 0.278. The fourth-order valence-electron chi connectivity index (χ4n) is 1.01. The fraction of sp³-hybridized carbons (Fsp3) is 0.400. The Morgan fingerprint density at radius 2 is 1.44 bits per heavy atom. The van der Waals surface area contributed by atoms with Gasteiger partial charge in [0.15, 0.2) is 0 Å². The van der Waals surface area contributed by atoms with Crippen LogP contribution in [0, 0.1) is 0 Å². The maximum absolute atomic E-state index is 9.31. The quantitative estimate of drug-likeness (QED) is 0.417. The van der Waals surface area contributed by atoms with Gasteiger partial charge < -0.3 is 29.9 Å². The smallest absolute Gasteiger partial charge is 0.522 e. The first-order valence-electron chi connectivity index (χ1n) is 5.57. The Hall–Kier alpha value is -1.05. The molecular weight excluding hydrogens is 238 g/mol. The van der Waals surface area contributed by atoms with Crippen molar-refractivity contribution in [3.8, 4) is 5.75 Å². The van der Waals surface area contributed by atoms with Gasteiger partial charge in [-0.3, -0.25) is 0 Å². The SMILES string of the molecule is OB(O)CCB(O)Oc1ccccc1.OCCO. The monoisotopic (exact) mass is 256 g/mol. The topological polar surface area (TPSA) is 110 Å². The van der Waals surface area contributed by atoms with Crippen molar-refractivity contribution < 1.29 is 29.9 Å². The molecule has 0 saturated heterocycles. The van der Waals surface area contributed by atoms with E-state index in [1.165, 1.54) is 0 Å². The minimum absolute atomic E-state index is 0.0913. The van der Waals surface area contributed by atoms with Crippen LogP contribution in [0.5, 0.6) is 5.75 Å². The molecule has 18 heavy (non-hydrogen) atoms. The highest BCUT2D eigenvalue weighted by atomic mass is 16.5. The predicted octanol–water partition coefficient (Wildman–Crippen LogP) is -1.01. The van der Waals surface area contributed by atoms with Gasteiger partial charge in [-0.25, -0.2) is 0 Å². The average molecular weight is 256 g/mol. The highest BCUT2D eigenvalue weighted by Gasteiger charge is 2.18. The zero-order valence-corrected chi connectivity index (χ0v) is 10.0. The van der Waals surface area contributed by atoms with E-state index >= 15 is 0 Å². The Labute approximate surface area is 107 Å². The van der Waals surface area contributed by atoms with Crippen LogP contribution in [0.15, 0.2) is 30.3 Å². The van der Waals surface area contributed by atoms with Crippen molar-refractivity contribution in [2.45, 2.75) is 12.6 Å². The van der Waals surface area contributed by atoms with Crippen LogP contribution < -0.4 is 4.65 Å². The molecule has 0 saturated carbocycles. The van der Waals surface area contributed by atoms with Crippen molar-refractivity contribution in [2.75, 3.05) is 13.2 Å². The Balaban J connectivity index is 0.000000631. The van der Waals surface area contributed by atoms with Crippen molar-refractivity contribution in [1.82, 2.24) is 0 Å². The van der Waals surface area contributed by atoms with Gasteiger partial charge in [-0.15, -0.1) is 0 Å². The second kappa shape index (κ2) is 11.1. The van der Waals surface area contributed by atoms with Gasteiger partial charge in [0.05, 0.1) is 13.2 Å². The van der Waals surface area contributed by atoms with Gasteiger partial charge in [0, 0.05) is 0 Å². The minimum atomic E-state index is -1.40. The number of aliphatic hydroxyl groups excluding tert-OH is 2. The van der Waals surface area contributed by atoms with Crippen molar-refractivity contribution in [1.29, 1.82) is 0 Å². The van der Waals surface area contributed by atoms with E-state index in [4.69, 9.17) is 24.9 Å². The first kappa shape index (κ1) is 16.9. The molecule has 0 atom stereocenters. The van der Waals surface area contributed by atoms with Gasteiger partial charge >= 0.3 is 14.2 Å². The van der Waals surface area contributed by atoms with Gasteiger partial charge in [0.1, 0.15) is 5.75 Å². The number of para-hydroxylation sites is 1. The molecule has 5 N–H and O–H groups in total. The van der Waals surface area contributed by atoms with E-state index in [-0.39, 0.29) is 25.9 Å². The van der Waals surface area contributed by atoms with Crippen molar-refractivity contribution in [3.63, 3.8) is 0 Å². The molecule has 0 aliphatic rings. The number of aliphatic hydroxyl groups is 2. The van der Waals surface area contributed by atoms with E-state index in [1.54, 1.807) is 24.3 Å². The molecule has 1 aromatic rings. The number of rotatable bonds is 6. The molecule has 0 fully saturated rings. The second-order valence-electron chi connectivity index (χ2n) is 3.39. The molecule has 0 radical (unpaired) electrons. The molecule has 0 spiro atoms. The summed E-state index contributed by atoms with van der Waals surface area (Å²) in [6, 6.07) is 8.87. The van der Waals surface area contributed by atoms with Crippen LogP contribution in [-0.4, -0.2) is 52.7 Å². The first-order chi connectivity index (χ1) is 8.60. The van der Waals surface area contributed by atoms with Crippen LogP contribution in [0.3, 0.4) is 0 Å². The fourth-order valence-corrected chi connectivity index (χ4v) is 1.01. The van der Waals surface area contributed by atoms with Crippen molar-refractivity contribution in [3.05, 3.63) is 30.3 Å². The summed E-state index contributed by atoms with van der Waals surface area (Å²) in [5.41, 5.74) is 0. The molecule has 8 heteroatoms. The zero-order chi connectivity index (χ0) is 13.8. The summed E-state index contributed by atoms with van der Waals surface area (Å²) in [7, 11) is -2.40. The molecule has 0 unspecified atom stereocenters. The Morgan fingerprint density at radius 3 is 1.89 bits per heavy atom. The van der Waals surface area contributed by atoms with E-state index in [0.29, 0.717) is 5.75 Å². The van der Waals surface area contributed by atoms with E-state index < -0.39 is 14.2 Å². The van der Waals surface area contributed by atoms with Crippen LogP contribution in [0.1, 0.15) is 0 Å². The molecule has 0 heterocycles. The summed E-state index contributed by atoms with van der Waals surface area (Å²) in [6.45, 7) is -0.250. The highest BCUT2D eigenvalue weighted by molar-refractivity contribution is 6.49. The molecule has 1 rings (SSSR count). The third-order valence-electron chi connectivity index (χ3n) is 1.79. The Kier molecular flexibility index (Phi) is 10.4. The Bertz CT molecular complexity index is 283. The van der Waals surface area contributed by atoms with E-state index in [1.807, 2.05) is 6.07 Å². The molecule has 0 aliphatic heterocycles. The highest BCUT2D eigenvalue weighted by Crippen LogP contribution is 2.11. The van der Waals surface area contributed by atoms with Gasteiger partial charge in [0.25, 0.3) is 0 Å². The van der Waals surface area contributed by atoms with Crippen molar-refractivity contribution in [2.24, 2.45) is 0 Å². The van der Waals surface area contributed by atoms with E-state index in [0.717, 1.165) is 0 Å². The van der Waals surface area contributed by atoms with E-state index in [2.05, 4.69) is 0 Å². The third-order valence-corrected chi connectivity index (χ3v) is 1.79. The molecule has 0 aliphatic carbocycles. The zero-order valence-electron chi connectivity index (χ0n) is 10.0. The number of hydrogen-bond donors (Lipinski definition) is 5. The molecular formula is C10H18B2O6. The first-order valence-corrected chi connectivity index (χ1v) is 5.57. The molecule has 100 valence electrons. The molecule has 0 bridgehead atoms. The van der Waals surface area contributed by atoms with E-state index in [9.17, 15) is 5.02 Å². The van der Waals surface area contributed by atoms with Gasteiger partial charge in [-0.2, -0.15) is 0 Å². The maximum atomic E-state index is 9.31. The molecule has 6 nitrogen and oxygen atoms in total. The number of benzene rings is 1. The van der Waals surface area contributed by atoms with Crippen molar-refractivity contribution >= 4 is 14.2 Å². The summed E-state index contributed by atoms with van der Waals surface area (Å²) in [5.74, 6) is 0.562. The lowest BCUT2D eigenvalue weighted by molar-refractivity contribution is 0.186. The summed E-state index contributed by atoms with van der Waals surface area (Å²) in [4.78, 5) is 0. The normalized spacial score (nSPS) is 9.17. The van der Waals surface area contributed by atoms with Crippen LogP contribution >= 0.6 is 0 Å². The second-order valence-corrected chi connectivity index (χ2v) is 3.39. The van der Waals surface area contributed by atoms with Crippen LogP contribution in [-0.2, 0) is 0 Å². The van der Waals surface area contributed by atoms with Gasteiger partial charge in [-0.05, 0) is 24.8 Å². The lowest BCUT2D eigenvalue weighted by atomic mass is 9.71. The predicted molar refractivity (Wildman–Crippen MR) is 69.0 cm³/mol. The summed E-state index contributed by atoms with van der Waals surface area (Å²) in [5, 5.41) is 41.7. The average Bonchev–Trinajstić information content (AvgIpc) is 2.38. The molecule has 1 aromatic carbocycles. The van der Waals surface area contributed by atoms with Crippen LogP contribution in [0.2, 0.25) is 12.6 Å². The van der Waals surface area contributed by atoms with Gasteiger partial charge in [0.2, 0.25) is 0 Å². The largest absolute Gasteiger partial charge is 0.536 e. The summed E-state index contributed by atoms with van der Waals surface area (Å²) < 4.78 is 5.10. The van der Waals surface area contributed by atoms with Gasteiger partial charge in [-0.1, -0.05) is 18.2 Å². The van der Waals surface area contributed by atoms with Crippen LogP contribution in [0.4, 0.5) is 0 Å². The third kappa shape index (κ3) is 10.1. The molecule has 0 aromatic heterocycles. The van der Waals surface area contributed by atoms with Crippen LogP contribution in [0.25, 0.3) is 0 Å².